The number of nitrogens with one attached hydrogen (secondary N) is 1. The maximum absolute atomic E-state index is 13.6. The monoisotopic (exact) mass is 379 g/mol. The van der Waals surface area contributed by atoms with Gasteiger partial charge < -0.3 is 4.74 Å². The molecule has 1 N–H and O–H groups in total. The minimum atomic E-state index is -1.11. The minimum absolute atomic E-state index is 0.165. The number of benzene rings is 2. The van der Waals surface area contributed by atoms with Crippen molar-refractivity contribution in [2.45, 2.75) is 0 Å². The van der Waals surface area contributed by atoms with E-state index in [9.17, 15) is 18.0 Å². The predicted molar refractivity (Wildman–Crippen MR) is 92.4 cm³/mol. The second kappa shape index (κ2) is 7.44. The lowest BCUT2D eigenvalue weighted by molar-refractivity contribution is 0.258. The molecule has 0 fully saturated rings. The quantitative estimate of drug-likeness (QED) is 0.692. The van der Waals surface area contributed by atoms with Gasteiger partial charge in [-0.05, 0) is 30.3 Å². The molecule has 134 valence electrons. The number of amides is 2. The SMILES string of the molecule is CN(C(=O)Nc1ncc(Oc2cccc(F)c2F)s1)c1cccc(F)c1. The van der Waals surface area contributed by atoms with Crippen LogP contribution >= 0.6 is 11.3 Å². The van der Waals surface area contributed by atoms with Gasteiger partial charge in [-0.25, -0.2) is 18.6 Å². The number of thiazole rings is 1. The Balaban J connectivity index is 1.68. The van der Waals surface area contributed by atoms with Gasteiger partial charge in [0.1, 0.15) is 5.82 Å². The number of carbonyl (C=O) groups excluding carboxylic acids is 1. The van der Waals surface area contributed by atoms with Gasteiger partial charge in [0.2, 0.25) is 10.9 Å². The molecule has 0 bridgehead atoms. The second-order valence-electron chi connectivity index (χ2n) is 5.11. The minimum Gasteiger partial charge on any atom is -0.442 e. The number of ether oxygens (including phenoxy) is 1. The second-order valence-corrected chi connectivity index (χ2v) is 6.10. The first kappa shape index (κ1) is 17.7. The van der Waals surface area contributed by atoms with E-state index in [4.69, 9.17) is 4.74 Å². The molecule has 0 aliphatic heterocycles. The lowest BCUT2D eigenvalue weighted by atomic mass is 10.3. The number of urea groups is 1. The molecule has 0 aliphatic rings. The summed E-state index contributed by atoms with van der Waals surface area (Å²) in [4.78, 5) is 17.3. The van der Waals surface area contributed by atoms with Crippen LogP contribution in [0.5, 0.6) is 10.8 Å². The number of hydrogen-bond donors (Lipinski definition) is 1. The number of hydrogen-bond acceptors (Lipinski definition) is 4. The number of halogens is 3. The van der Waals surface area contributed by atoms with Crippen molar-refractivity contribution in [2.75, 3.05) is 17.3 Å². The molecule has 1 heterocycles. The van der Waals surface area contributed by atoms with Crippen molar-refractivity contribution in [3.05, 3.63) is 66.1 Å². The van der Waals surface area contributed by atoms with Crippen LogP contribution in [0.25, 0.3) is 0 Å². The van der Waals surface area contributed by atoms with Gasteiger partial charge in [0.15, 0.2) is 16.7 Å². The fourth-order valence-corrected chi connectivity index (χ4v) is 2.68. The molecule has 0 saturated heterocycles. The average Bonchev–Trinajstić information content (AvgIpc) is 3.05. The molecule has 0 saturated carbocycles. The van der Waals surface area contributed by atoms with Crippen LogP contribution in [-0.2, 0) is 0 Å². The Labute approximate surface area is 150 Å². The first-order chi connectivity index (χ1) is 12.4. The fraction of sp³-hybridized carbons (Fsp3) is 0.0588. The van der Waals surface area contributed by atoms with Crippen molar-refractivity contribution in [1.29, 1.82) is 0 Å². The molecule has 3 aromatic rings. The first-order valence-electron chi connectivity index (χ1n) is 7.32. The van der Waals surface area contributed by atoms with Crippen LogP contribution in [0.3, 0.4) is 0 Å². The van der Waals surface area contributed by atoms with Crippen molar-refractivity contribution >= 4 is 28.2 Å². The van der Waals surface area contributed by atoms with Crippen LogP contribution in [0.1, 0.15) is 0 Å². The maximum Gasteiger partial charge on any atom is 0.327 e. The Kier molecular flexibility index (Phi) is 5.08. The van der Waals surface area contributed by atoms with E-state index < -0.39 is 23.5 Å². The van der Waals surface area contributed by atoms with Gasteiger partial charge in [-0.3, -0.25) is 10.2 Å². The van der Waals surface area contributed by atoms with Crippen molar-refractivity contribution in [3.8, 4) is 10.8 Å². The zero-order valence-corrected chi connectivity index (χ0v) is 14.2. The number of carbonyl (C=O) groups is 1. The molecule has 0 atom stereocenters. The Morgan fingerprint density at radius 1 is 1.19 bits per heavy atom. The van der Waals surface area contributed by atoms with Gasteiger partial charge in [0, 0.05) is 12.7 Å². The molecule has 0 unspecified atom stereocenters. The van der Waals surface area contributed by atoms with E-state index in [1.165, 1.54) is 48.5 Å². The zero-order valence-electron chi connectivity index (χ0n) is 13.4. The number of nitrogens with zero attached hydrogens (tertiary/aromatic N) is 2. The fourth-order valence-electron chi connectivity index (χ4n) is 2.01. The van der Waals surface area contributed by atoms with Crippen LogP contribution in [0.2, 0.25) is 0 Å². The van der Waals surface area contributed by atoms with Gasteiger partial charge in [0.25, 0.3) is 0 Å². The topological polar surface area (TPSA) is 54.5 Å². The summed E-state index contributed by atoms with van der Waals surface area (Å²) in [6.45, 7) is 0. The van der Waals surface area contributed by atoms with Gasteiger partial charge in [-0.15, -0.1) is 0 Å². The van der Waals surface area contributed by atoms with Crippen LogP contribution in [0.15, 0.2) is 48.7 Å². The molecule has 0 spiro atoms. The third-order valence-corrected chi connectivity index (χ3v) is 4.12. The lowest BCUT2D eigenvalue weighted by Crippen LogP contribution is -2.31. The smallest absolute Gasteiger partial charge is 0.327 e. The molecule has 26 heavy (non-hydrogen) atoms. The average molecular weight is 379 g/mol. The number of aromatic nitrogens is 1. The van der Waals surface area contributed by atoms with E-state index in [-0.39, 0.29) is 15.9 Å². The van der Waals surface area contributed by atoms with Gasteiger partial charge >= 0.3 is 6.03 Å². The highest BCUT2D eigenvalue weighted by molar-refractivity contribution is 7.17. The van der Waals surface area contributed by atoms with Crippen molar-refractivity contribution < 1.29 is 22.7 Å². The highest BCUT2D eigenvalue weighted by atomic mass is 32.1. The van der Waals surface area contributed by atoms with E-state index in [2.05, 4.69) is 10.3 Å². The molecule has 2 aromatic carbocycles. The highest BCUT2D eigenvalue weighted by Crippen LogP contribution is 2.32. The summed E-state index contributed by atoms with van der Waals surface area (Å²) >= 11 is 0.931. The van der Waals surface area contributed by atoms with E-state index in [1.807, 2.05) is 0 Å². The van der Waals surface area contributed by atoms with Gasteiger partial charge in [-0.2, -0.15) is 4.39 Å². The summed E-state index contributed by atoms with van der Waals surface area (Å²) in [7, 11) is 1.47. The summed E-state index contributed by atoms with van der Waals surface area (Å²) in [5.74, 6) is -2.90. The third-order valence-electron chi connectivity index (χ3n) is 3.33. The molecular formula is C17H12F3N3O2S. The Bertz CT molecular complexity index is 949. The summed E-state index contributed by atoms with van der Waals surface area (Å²) in [6, 6.07) is 8.55. The van der Waals surface area contributed by atoms with Crippen LogP contribution in [0, 0.1) is 17.5 Å². The molecule has 2 amide bonds. The van der Waals surface area contributed by atoms with Crippen molar-refractivity contribution in [2.24, 2.45) is 0 Å². The molecule has 0 radical (unpaired) electrons. The lowest BCUT2D eigenvalue weighted by Gasteiger charge is -2.16. The van der Waals surface area contributed by atoms with Crippen LogP contribution in [0.4, 0.5) is 28.8 Å². The summed E-state index contributed by atoms with van der Waals surface area (Å²) in [6.07, 6.45) is 1.27. The Hall–Kier alpha value is -3.07. The normalized spacial score (nSPS) is 10.5. The number of anilines is 2. The van der Waals surface area contributed by atoms with Crippen LogP contribution < -0.4 is 15.0 Å². The summed E-state index contributed by atoms with van der Waals surface area (Å²) in [5.41, 5.74) is 0.359. The highest BCUT2D eigenvalue weighted by Gasteiger charge is 2.15. The van der Waals surface area contributed by atoms with Crippen LogP contribution in [-0.4, -0.2) is 18.1 Å². The summed E-state index contributed by atoms with van der Waals surface area (Å²) in [5, 5.41) is 2.87. The maximum atomic E-state index is 13.6. The van der Waals surface area contributed by atoms with Gasteiger partial charge in [-0.1, -0.05) is 23.5 Å². The first-order valence-corrected chi connectivity index (χ1v) is 8.13. The van der Waals surface area contributed by atoms with E-state index in [0.29, 0.717) is 5.69 Å². The van der Waals surface area contributed by atoms with Crippen molar-refractivity contribution in [1.82, 2.24) is 4.98 Å². The molecule has 9 heteroatoms. The standard InChI is InChI=1S/C17H12F3N3O2S/c1-23(11-5-2-4-10(18)8-11)17(24)22-16-21-9-14(26-16)25-13-7-3-6-12(19)15(13)20/h2-9H,1H3,(H,21,22,24). The largest absolute Gasteiger partial charge is 0.442 e. The van der Waals surface area contributed by atoms with Gasteiger partial charge in [0.05, 0.1) is 6.20 Å². The molecule has 3 rings (SSSR count). The summed E-state index contributed by atoms with van der Waals surface area (Å²) < 4.78 is 45.3. The van der Waals surface area contributed by atoms with E-state index in [0.717, 1.165) is 17.4 Å². The van der Waals surface area contributed by atoms with E-state index >= 15 is 0 Å². The predicted octanol–water partition coefficient (Wildman–Crippen LogP) is 5.02. The molecule has 0 aliphatic carbocycles. The Morgan fingerprint density at radius 2 is 1.96 bits per heavy atom. The third kappa shape index (κ3) is 3.94. The molecule has 5 nitrogen and oxygen atoms in total. The van der Waals surface area contributed by atoms with E-state index in [1.54, 1.807) is 6.07 Å². The Morgan fingerprint density at radius 3 is 2.73 bits per heavy atom. The molecular weight excluding hydrogens is 367 g/mol. The number of rotatable bonds is 4. The van der Waals surface area contributed by atoms with Crippen molar-refractivity contribution in [3.63, 3.8) is 0 Å². The molecule has 1 aromatic heterocycles. The zero-order chi connectivity index (χ0) is 18.7.